The molecule has 2 aromatic rings. The highest BCUT2D eigenvalue weighted by Crippen LogP contribution is 2.18. The predicted octanol–water partition coefficient (Wildman–Crippen LogP) is 2.48. The molecule has 1 atom stereocenters. The van der Waals surface area contributed by atoms with Gasteiger partial charge < -0.3 is 10.1 Å². The van der Waals surface area contributed by atoms with Gasteiger partial charge in [-0.05, 0) is 25.6 Å². The second-order valence-electron chi connectivity index (χ2n) is 4.67. The van der Waals surface area contributed by atoms with Gasteiger partial charge in [0.1, 0.15) is 0 Å². The molecule has 21 heavy (non-hydrogen) atoms. The zero-order valence-corrected chi connectivity index (χ0v) is 12.5. The number of esters is 1. The number of benzene rings is 1. The van der Waals surface area contributed by atoms with Gasteiger partial charge in [0.15, 0.2) is 0 Å². The van der Waals surface area contributed by atoms with Crippen LogP contribution in [0.1, 0.15) is 31.9 Å². The summed E-state index contributed by atoms with van der Waals surface area (Å²) < 4.78 is 6.84. The van der Waals surface area contributed by atoms with Crippen molar-refractivity contribution in [1.29, 1.82) is 0 Å². The van der Waals surface area contributed by atoms with Crippen molar-refractivity contribution >= 4 is 5.97 Å². The zero-order valence-electron chi connectivity index (χ0n) is 12.5. The SMILES string of the molecule is CCNC(CC(=O)OCC)c1cnn(-c2ccccc2)c1. The lowest BCUT2D eigenvalue weighted by Crippen LogP contribution is -2.24. The van der Waals surface area contributed by atoms with Crippen LogP contribution < -0.4 is 5.32 Å². The first-order valence-corrected chi connectivity index (χ1v) is 7.23. The van der Waals surface area contributed by atoms with Crippen LogP contribution in [0.25, 0.3) is 5.69 Å². The maximum Gasteiger partial charge on any atom is 0.307 e. The summed E-state index contributed by atoms with van der Waals surface area (Å²) in [5, 5.41) is 7.67. The highest BCUT2D eigenvalue weighted by Gasteiger charge is 2.17. The number of nitrogens with one attached hydrogen (secondary N) is 1. The maximum atomic E-state index is 11.7. The average molecular weight is 287 g/mol. The molecule has 1 heterocycles. The Balaban J connectivity index is 2.14. The van der Waals surface area contributed by atoms with E-state index in [-0.39, 0.29) is 12.0 Å². The van der Waals surface area contributed by atoms with Crippen molar-refractivity contribution in [3.63, 3.8) is 0 Å². The smallest absolute Gasteiger partial charge is 0.307 e. The van der Waals surface area contributed by atoms with Gasteiger partial charge in [-0.1, -0.05) is 25.1 Å². The van der Waals surface area contributed by atoms with Crippen LogP contribution in [0.5, 0.6) is 0 Å². The molecule has 1 aromatic carbocycles. The Hall–Kier alpha value is -2.14. The van der Waals surface area contributed by atoms with E-state index in [1.807, 2.05) is 55.1 Å². The van der Waals surface area contributed by atoms with Crippen LogP contribution in [0.3, 0.4) is 0 Å². The number of para-hydroxylation sites is 1. The Morgan fingerprint density at radius 3 is 2.76 bits per heavy atom. The summed E-state index contributed by atoms with van der Waals surface area (Å²) in [6, 6.07) is 9.81. The fourth-order valence-corrected chi connectivity index (χ4v) is 2.18. The minimum absolute atomic E-state index is 0.0773. The molecule has 112 valence electrons. The van der Waals surface area contributed by atoms with E-state index in [1.165, 1.54) is 0 Å². The van der Waals surface area contributed by atoms with Crippen LogP contribution in [0.15, 0.2) is 42.7 Å². The maximum absolute atomic E-state index is 11.7. The highest BCUT2D eigenvalue weighted by molar-refractivity contribution is 5.70. The van der Waals surface area contributed by atoms with Gasteiger partial charge >= 0.3 is 5.97 Å². The molecular weight excluding hydrogens is 266 g/mol. The molecule has 0 saturated carbocycles. The lowest BCUT2D eigenvalue weighted by Gasteiger charge is -2.15. The molecule has 1 aromatic heterocycles. The fraction of sp³-hybridized carbons (Fsp3) is 0.375. The molecule has 1 unspecified atom stereocenters. The standard InChI is InChI=1S/C16H21N3O2/c1-3-17-15(10-16(20)21-4-2)13-11-18-19(12-13)14-8-6-5-7-9-14/h5-9,11-12,15,17H,3-4,10H2,1-2H3. The molecule has 0 bridgehead atoms. The van der Waals surface area contributed by atoms with Crippen molar-refractivity contribution in [3.05, 3.63) is 48.3 Å². The van der Waals surface area contributed by atoms with Crippen molar-refractivity contribution < 1.29 is 9.53 Å². The number of ether oxygens (including phenoxy) is 1. The van der Waals surface area contributed by atoms with E-state index in [1.54, 1.807) is 6.20 Å². The van der Waals surface area contributed by atoms with Crippen molar-refractivity contribution in [2.24, 2.45) is 0 Å². The molecule has 0 aliphatic carbocycles. The fourth-order valence-electron chi connectivity index (χ4n) is 2.18. The second kappa shape index (κ2) is 7.59. The number of hydrogen-bond donors (Lipinski definition) is 1. The number of rotatable bonds is 7. The van der Waals surface area contributed by atoms with Crippen LogP contribution in [0.4, 0.5) is 0 Å². The normalized spacial score (nSPS) is 12.1. The Bertz CT molecular complexity index is 566. The van der Waals surface area contributed by atoms with Crippen LogP contribution in [-0.4, -0.2) is 28.9 Å². The van der Waals surface area contributed by atoms with E-state index in [2.05, 4.69) is 10.4 Å². The van der Waals surface area contributed by atoms with E-state index in [9.17, 15) is 4.79 Å². The summed E-state index contributed by atoms with van der Waals surface area (Å²) in [5.74, 6) is -0.198. The van der Waals surface area contributed by atoms with E-state index in [0.29, 0.717) is 13.0 Å². The Morgan fingerprint density at radius 1 is 1.33 bits per heavy atom. The molecule has 0 saturated heterocycles. The molecule has 5 heteroatoms. The Morgan fingerprint density at radius 2 is 2.10 bits per heavy atom. The van der Waals surface area contributed by atoms with Gasteiger partial charge in [0.25, 0.3) is 0 Å². The zero-order chi connectivity index (χ0) is 15.1. The molecule has 0 spiro atoms. The third kappa shape index (κ3) is 4.16. The lowest BCUT2D eigenvalue weighted by molar-refractivity contribution is -0.143. The summed E-state index contributed by atoms with van der Waals surface area (Å²) in [6.45, 7) is 5.01. The number of carbonyl (C=O) groups excluding carboxylic acids is 1. The van der Waals surface area contributed by atoms with Gasteiger partial charge in [-0.3, -0.25) is 4.79 Å². The minimum atomic E-state index is -0.198. The topological polar surface area (TPSA) is 56.1 Å². The minimum Gasteiger partial charge on any atom is -0.466 e. The van der Waals surface area contributed by atoms with E-state index < -0.39 is 0 Å². The summed E-state index contributed by atoms with van der Waals surface area (Å²) in [4.78, 5) is 11.7. The Kier molecular flexibility index (Phi) is 5.51. The second-order valence-corrected chi connectivity index (χ2v) is 4.67. The third-order valence-corrected chi connectivity index (χ3v) is 3.15. The van der Waals surface area contributed by atoms with Crippen molar-refractivity contribution in [1.82, 2.24) is 15.1 Å². The van der Waals surface area contributed by atoms with Crippen LogP contribution >= 0.6 is 0 Å². The molecule has 0 fully saturated rings. The molecule has 1 N–H and O–H groups in total. The molecule has 0 aliphatic rings. The number of carbonyl (C=O) groups is 1. The molecule has 0 radical (unpaired) electrons. The van der Waals surface area contributed by atoms with Crippen molar-refractivity contribution in [2.75, 3.05) is 13.2 Å². The van der Waals surface area contributed by atoms with E-state index in [0.717, 1.165) is 17.8 Å². The lowest BCUT2D eigenvalue weighted by atomic mass is 10.1. The summed E-state index contributed by atoms with van der Waals surface area (Å²) in [7, 11) is 0. The molecule has 5 nitrogen and oxygen atoms in total. The van der Waals surface area contributed by atoms with Crippen LogP contribution in [0.2, 0.25) is 0 Å². The molecule has 0 amide bonds. The first-order valence-electron chi connectivity index (χ1n) is 7.23. The van der Waals surface area contributed by atoms with Crippen LogP contribution in [-0.2, 0) is 9.53 Å². The summed E-state index contributed by atoms with van der Waals surface area (Å²) in [5.41, 5.74) is 1.98. The molecule has 2 rings (SSSR count). The van der Waals surface area contributed by atoms with Gasteiger partial charge in [0, 0.05) is 17.8 Å². The van der Waals surface area contributed by atoms with Gasteiger partial charge in [0.05, 0.1) is 24.9 Å². The Labute approximate surface area is 124 Å². The highest BCUT2D eigenvalue weighted by atomic mass is 16.5. The van der Waals surface area contributed by atoms with Crippen molar-refractivity contribution in [2.45, 2.75) is 26.3 Å². The third-order valence-electron chi connectivity index (χ3n) is 3.15. The van der Waals surface area contributed by atoms with Crippen LogP contribution in [0, 0.1) is 0 Å². The molecule has 0 aliphatic heterocycles. The predicted molar refractivity (Wildman–Crippen MR) is 81.2 cm³/mol. The van der Waals surface area contributed by atoms with Gasteiger partial charge in [-0.2, -0.15) is 5.10 Å². The molecular formula is C16H21N3O2. The number of nitrogens with zero attached hydrogens (tertiary/aromatic N) is 2. The van der Waals surface area contributed by atoms with Crippen molar-refractivity contribution in [3.8, 4) is 5.69 Å². The monoisotopic (exact) mass is 287 g/mol. The van der Waals surface area contributed by atoms with Gasteiger partial charge in [0.2, 0.25) is 0 Å². The largest absolute Gasteiger partial charge is 0.466 e. The van der Waals surface area contributed by atoms with Gasteiger partial charge in [-0.15, -0.1) is 0 Å². The number of aromatic nitrogens is 2. The number of hydrogen-bond acceptors (Lipinski definition) is 4. The quantitative estimate of drug-likeness (QED) is 0.795. The van der Waals surface area contributed by atoms with E-state index >= 15 is 0 Å². The summed E-state index contributed by atoms with van der Waals surface area (Å²) >= 11 is 0. The van der Waals surface area contributed by atoms with E-state index in [4.69, 9.17) is 4.74 Å². The van der Waals surface area contributed by atoms with Gasteiger partial charge in [-0.25, -0.2) is 4.68 Å². The first-order chi connectivity index (χ1) is 10.2. The first kappa shape index (κ1) is 15.3. The summed E-state index contributed by atoms with van der Waals surface area (Å²) in [6.07, 6.45) is 4.05. The average Bonchev–Trinajstić information content (AvgIpc) is 2.98.